The maximum Gasteiger partial charge on any atom is 0.244 e. The van der Waals surface area contributed by atoms with Gasteiger partial charge < -0.3 is 14.8 Å². The topological polar surface area (TPSA) is 47.6 Å². The molecule has 1 amide bonds. The van der Waals surface area contributed by atoms with E-state index in [2.05, 4.69) is 5.32 Å². The molecule has 1 aromatic carbocycles. The Morgan fingerprint density at radius 2 is 2.11 bits per heavy atom. The first kappa shape index (κ1) is 14.3. The van der Waals surface area contributed by atoms with Gasteiger partial charge in [-0.1, -0.05) is 18.2 Å². The maximum atomic E-state index is 11.6. The summed E-state index contributed by atoms with van der Waals surface area (Å²) in [7, 11) is 3.21. The van der Waals surface area contributed by atoms with Crippen molar-refractivity contribution in [2.24, 2.45) is 0 Å². The third kappa shape index (κ3) is 4.59. The zero-order chi connectivity index (χ0) is 13.4. The van der Waals surface area contributed by atoms with Crippen molar-refractivity contribution in [3.63, 3.8) is 0 Å². The first-order valence-electron chi connectivity index (χ1n) is 5.78. The van der Waals surface area contributed by atoms with E-state index < -0.39 is 0 Å². The molecule has 4 heteroatoms. The fourth-order valence-corrected chi connectivity index (χ4v) is 1.55. The summed E-state index contributed by atoms with van der Waals surface area (Å²) < 4.78 is 10.1. The smallest absolute Gasteiger partial charge is 0.244 e. The average Bonchev–Trinajstić information content (AvgIpc) is 2.37. The average molecular weight is 249 g/mol. The van der Waals surface area contributed by atoms with Crippen LogP contribution in [-0.2, 0) is 9.53 Å². The van der Waals surface area contributed by atoms with Gasteiger partial charge in [-0.3, -0.25) is 4.79 Å². The third-order valence-electron chi connectivity index (χ3n) is 2.36. The fraction of sp³-hybridized carbons (Fsp3) is 0.357. The largest absolute Gasteiger partial charge is 0.496 e. The highest BCUT2D eigenvalue weighted by molar-refractivity contribution is 5.92. The van der Waals surface area contributed by atoms with Crippen LogP contribution < -0.4 is 10.1 Å². The highest BCUT2D eigenvalue weighted by Gasteiger charge is 2.04. The van der Waals surface area contributed by atoms with E-state index in [0.29, 0.717) is 6.61 Å². The number of carbonyl (C=O) groups is 1. The van der Waals surface area contributed by atoms with Gasteiger partial charge in [-0.15, -0.1) is 0 Å². The molecular formula is C14H19NO3. The quantitative estimate of drug-likeness (QED) is 0.783. The van der Waals surface area contributed by atoms with Crippen molar-refractivity contribution < 1.29 is 14.3 Å². The lowest BCUT2D eigenvalue weighted by Gasteiger charge is -2.10. The van der Waals surface area contributed by atoms with Gasteiger partial charge in [0.15, 0.2) is 0 Å². The SMILES string of the molecule is COCC(C)NC(=O)/C=C/c1ccccc1OC. The fourth-order valence-electron chi connectivity index (χ4n) is 1.55. The number of carbonyl (C=O) groups excluding carboxylic acids is 1. The summed E-state index contributed by atoms with van der Waals surface area (Å²) in [5.41, 5.74) is 0.870. The zero-order valence-corrected chi connectivity index (χ0v) is 11.0. The summed E-state index contributed by atoms with van der Waals surface area (Å²) in [4.78, 5) is 11.6. The van der Waals surface area contributed by atoms with Crippen molar-refractivity contribution in [3.05, 3.63) is 35.9 Å². The van der Waals surface area contributed by atoms with Crippen LogP contribution in [0.2, 0.25) is 0 Å². The maximum absolute atomic E-state index is 11.6. The molecule has 0 radical (unpaired) electrons. The molecule has 0 bridgehead atoms. The number of benzene rings is 1. The number of hydrogen-bond acceptors (Lipinski definition) is 3. The number of methoxy groups -OCH3 is 2. The standard InChI is InChI=1S/C14H19NO3/c1-11(10-17-2)15-14(16)9-8-12-6-4-5-7-13(12)18-3/h4-9,11H,10H2,1-3H3,(H,15,16)/b9-8+. The minimum Gasteiger partial charge on any atom is -0.496 e. The van der Waals surface area contributed by atoms with Crippen LogP contribution in [0, 0.1) is 0 Å². The van der Waals surface area contributed by atoms with Crippen LogP contribution in [0.15, 0.2) is 30.3 Å². The highest BCUT2D eigenvalue weighted by atomic mass is 16.5. The van der Waals surface area contributed by atoms with Crippen LogP contribution in [0.5, 0.6) is 5.75 Å². The van der Waals surface area contributed by atoms with Gasteiger partial charge in [-0.2, -0.15) is 0 Å². The summed E-state index contributed by atoms with van der Waals surface area (Å²) >= 11 is 0. The summed E-state index contributed by atoms with van der Waals surface area (Å²) in [6.45, 7) is 2.38. The van der Waals surface area contributed by atoms with E-state index in [1.165, 1.54) is 6.08 Å². The molecule has 1 rings (SSSR count). The van der Waals surface area contributed by atoms with E-state index in [9.17, 15) is 4.79 Å². The normalized spacial score (nSPS) is 12.4. The molecule has 1 N–H and O–H groups in total. The molecule has 1 aromatic rings. The number of ether oxygens (including phenoxy) is 2. The monoisotopic (exact) mass is 249 g/mol. The molecule has 0 fully saturated rings. The second-order valence-corrected chi connectivity index (χ2v) is 3.94. The van der Waals surface area contributed by atoms with Crippen molar-refractivity contribution in [2.45, 2.75) is 13.0 Å². The van der Waals surface area contributed by atoms with Crippen molar-refractivity contribution in [3.8, 4) is 5.75 Å². The minimum absolute atomic E-state index is 0.00943. The van der Waals surface area contributed by atoms with Crippen LogP contribution in [0.4, 0.5) is 0 Å². The molecule has 0 heterocycles. The second-order valence-electron chi connectivity index (χ2n) is 3.94. The third-order valence-corrected chi connectivity index (χ3v) is 2.36. The summed E-state index contributed by atoms with van der Waals surface area (Å²) in [6, 6.07) is 7.52. The van der Waals surface area contributed by atoms with Crippen LogP contribution in [0.25, 0.3) is 6.08 Å². The molecule has 1 unspecified atom stereocenters. The Balaban J connectivity index is 2.60. The molecular weight excluding hydrogens is 230 g/mol. The van der Waals surface area contributed by atoms with Crippen LogP contribution in [-0.4, -0.2) is 32.8 Å². The lowest BCUT2D eigenvalue weighted by Crippen LogP contribution is -2.34. The summed E-state index contributed by atoms with van der Waals surface area (Å²) in [5, 5.41) is 2.80. The lowest BCUT2D eigenvalue weighted by atomic mass is 10.2. The Hall–Kier alpha value is -1.81. The molecule has 0 aliphatic rings. The first-order valence-corrected chi connectivity index (χ1v) is 5.78. The number of para-hydroxylation sites is 1. The Labute approximate surface area is 108 Å². The van der Waals surface area contributed by atoms with Crippen molar-refractivity contribution in [2.75, 3.05) is 20.8 Å². The van der Waals surface area contributed by atoms with Crippen LogP contribution in [0.1, 0.15) is 12.5 Å². The number of amides is 1. The Kier molecular flexibility index (Phi) is 5.94. The minimum atomic E-state index is -0.148. The number of hydrogen-bond donors (Lipinski definition) is 1. The summed E-state index contributed by atoms with van der Waals surface area (Å²) in [6.07, 6.45) is 3.22. The second kappa shape index (κ2) is 7.50. The van der Waals surface area contributed by atoms with Gasteiger partial charge in [0, 0.05) is 24.8 Å². The van der Waals surface area contributed by atoms with Crippen molar-refractivity contribution in [1.82, 2.24) is 5.32 Å². The van der Waals surface area contributed by atoms with E-state index in [0.717, 1.165) is 11.3 Å². The van der Waals surface area contributed by atoms with E-state index in [1.54, 1.807) is 20.3 Å². The zero-order valence-electron chi connectivity index (χ0n) is 11.0. The van der Waals surface area contributed by atoms with E-state index in [4.69, 9.17) is 9.47 Å². The lowest BCUT2D eigenvalue weighted by molar-refractivity contribution is -0.117. The van der Waals surface area contributed by atoms with Crippen molar-refractivity contribution >= 4 is 12.0 Å². The Morgan fingerprint density at radius 3 is 2.78 bits per heavy atom. The molecule has 1 atom stereocenters. The van der Waals surface area contributed by atoms with Crippen LogP contribution >= 0.6 is 0 Å². The molecule has 0 aromatic heterocycles. The van der Waals surface area contributed by atoms with Gasteiger partial charge in [-0.25, -0.2) is 0 Å². The molecule has 18 heavy (non-hydrogen) atoms. The molecule has 0 saturated heterocycles. The van der Waals surface area contributed by atoms with Gasteiger partial charge in [0.2, 0.25) is 5.91 Å². The van der Waals surface area contributed by atoms with Crippen LogP contribution in [0.3, 0.4) is 0 Å². The number of rotatable bonds is 6. The number of nitrogens with one attached hydrogen (secondary N) is 1. The van der Waals surface area contributed by atoms with Gasteiger partial charge in [0.1, 0.15) is 5.75 Å². The van der Waals surface area contributed by atoms with Gasteiger partial charge in [-0.05, 0) is 19.1 Å². The highest BCUT2D eigenvalue weighted by Crippen LogP contribution is 2.18. The predicted octanol–water partition coefficient (Wildman–Crippen LogP) is 1.86. The van der Waals surface area contributed by atoms with Gasteiger partial charge >= 0.3 is 0 Å². The van der Waals surface area contributed by atoms with E-state index in [1.807, 2.05) is 31.2 Å². The van der Waals surface area contributed by atoms with Gasteiger partial charge in [0.05, 0.1) is 13.7 Å². The van der Waals surface area contributed by atoms with Crippen molar-refractivity contribution in [1.29, 1.82) is 0 Å². The first-order chi connectivity index (χ1) is 8.67. The van der Waals surface area contributed by atoms with Gasteiger partial charge in [0.25, 0.3) is 0 Å². The van der Waals surface area contributed by atoms with E-state index in [-0.39, 0.29) is 11.9 Å². The summed E-state index contributed by atoms with van der Waals surface area (Å²) in [5.74, 6) is 0.594. The molecule has 0 spiro atoms. The molecule has 0 aliphatic carbocycles. The Morgan fingerprint density at radius 1 is 1.39 bits per heavy atom. The predicted molar refractivity (Wildman–Crippen MR) is 71.5 cm³/mol. The molecule has 0 saturated carbocycles. The molecule has 0 aliphatic heterocycles. The molecule has 98 valence electrons. The van der Waals surface area contributed by atoms with E-state index >= 15 is 0 Å². The Bertz CT molecular complexity index is 415. The molecule has 4 nitrogen and oxygen atoms in total.